The summed E-state index contributed by atoms with van der Waals surface area (Å²) >= 11 is 0. The van der Waals surface area contributed by atoms with Gasteiger partial charge in [-0.05, 0) is 47.6 Å². The summed E-state index contributed by atoms with van der Waals surface area (Å²) in [5.74, 6) is -1.58. The maximum Gasteiger partial charge on any atom is 0.186 e. The van der Waals surface area contributed by atoms with E-state index in [1.54, 1.807) is 30.3 Å². The molecule has 1 aliphatic rings. The predicted octanol–water partition coefficient (Wildman–Crippen LogP) is 12.1. The summed E-state index contributed by atoms with van der Waals surface area (Å²) < 4.78 is 56.9. The van der Waals surface area contributed by atoms with Gasteiger partial charge in [-0.25, -0.2) is 13.2 Å². The Kier molecular flexibility index (Phi) is 14.3. The molecule has 2 nitrogen and oxygen atoms in total. The fourth-order valence-corrected chi connectivity index (χ4v) is 6.12. The van der Waals surface area contributed by atoms with Crippen molar-refractivity contribution in [3.05, 3.63) is 83.2 Å². The Labute approximate surface area is 263 Å². The number of unbranched alkanes of at least 4 members (excludes halogenated alkanes) is 11. The Bertz CT molecular complexity index is 1270. The monoisotopic (exact) mass is 608 g/mol. The molecule has 1 saturated heterocycles. The van der Waals surface area contributed by atoms with Crippen molar-refractivity contribution in [3.8, 4) is 22.3 Å². The van der Waals surface area contributed by atoms with E-state index in [0.717, 1.165) is 31.2 Å². The second-order valence-corrected chi connectivity index (χ2v) is 12.5. The topological polar surface area (TPSA) is 18.5 Å². The van der Waals surface area contributed by atoms with E-state index < -0.39 is 17.9 Å². The van der Waals surface area contributed by atoms with Crippen molar-refractivity contribution in [1.82, 2.24) is 0 Å². The number of aryl methyl sites for hydroxylation is 1. The van der Waals surface area contributed by atoms with Crippen molar-refractivity contribution in [3.63, 3.8) is 0 Å². The molecule has 1 fully saturated rings. The lowest BCUT2D eigenvalue weighted by atomic mass is 9.97. The maximum atomic E-state index is 15.2. The van der Waals surface area contributed by atoms with Gasteiger partial charge in [0, 0.05) is 17.0 Å². The number of hydrogen-bond acceptors (Lipinski definition) is 2. The van der Waals surface area contributed by atoms with E-state index in [4.69, 9.17) is 9.47 Å². The Hall–Kier alpha value is -2.63. The SMILES string of the molecule is CCCCCCCCCCc1ccc(-c2ccc(-c3ccc(C4OCC(CCCCCCC)CO4)c(F)c3)cc2)c(F)c1F. The standard InChI is InChI=1S/C39H51F3O2/c1-3-5-7-9-10-11-13-15-17-32-22-24-34(38(42)37(32)41)31-20-18-30(19-21-31)33-23-25-35(36(40)26-33)39-43-27-29(28-44-39)16-14-12-8-6-4-2/h18-26,29,39H,3-17,27-28H2,1-2H3. The van der Waals surface area contributed by atoms with Crippen molar-refractivity contribution in [2.45, 2.75) is 116 Å². The minimum atomic E-state index is -0.809. The largest absolute Gasteiger partial charge is 0.348 e. The maximum absolute atomic E-state index is 15.2. The quantitative estimate of drug-likeness (QED) is 0.134. The van der Waals surface area contributed by atoms with Gasteiger partial charge in [-0.3, -0.25) is 0 Å². The fourth-order valence-electron chi connectivity index (χ4n) is 6.12. The lowest BCUT2D eigenvalue weighted by Gasteiger charge is -2.30. The molecule has 0 bridgehead atoms. The molecule has 0 unspecified atom stereocenters. The van der Waals surface area contributed by atoms with E-state index in [9.17, 15) is 4.39 Å². The summed E-state index contributed by atoms with van der Waals surface area (Å²) in [4.78, 5) is 0. The molecular weight excluding hydrogens is 557 g/mol. The molecule has 44 heavy (non-hydrogen) atoms. The van der Waals surface area contributed by atoms with E-state index >= 15 is 8.78 Å². The number of hydrogen-bond donors (Lipinski definition) is 0. The third-order valence-corrected chi connectivity index (χ3v) is 8.93. The van der Waals surface area contributed by atoms with Crippen LogP contribution in [0.2, 0.25) is 0 Å². The van der Waals surface area contributed by atoms with Crippen LogP contribution in [0, 0.1) is 23.4 Å². The summed E-state index contributed by atoms with van der Waals surface area (Å²) in [7, 11) is 0. The molecule has 3 aromatic carbocycles. The highest BCUT2D eigenvalue weighted by Gasteiger charge is 2.26. The van der Waals surface area contributed by atoms with E-state index in [-0.39, 0.29) is 11.4 Å². The molecule has 4 rings (SSSR count). The molecule has 0 aliphatic carbocycles. The van der Waals surface area contributed by atoms with Gasteiger partial charge in [-0.15, -0.1) is 0 Å². The minimum absolute atomic E-state index is 0.237. The molecule has 0 aromatic heterocycles. The Morgan fingerprint density at radius 2 is 1.16 bits per heavy atom. The van der Waals surface area contributed by atoms with Crippen LogP contribution >= 0.6 is 0 Å². The van der Waals surface area contributed by atoms with Crippen molar-refractivity contribution in [2.24, 2.45) is 5.92 Å². The summed E-state index contributed by atoms with van der Waals surface area (Å²) in [6.45, 7) is 5.59. The van der Waals surface area contributed by atoms with Crippen molar-refractivity contribution >= 4 is 0 Å². The summed E-state index contributed by atoms with van der Waals surface area (Å²) in [6.07, 6.45) is 16.5. The second kappa shape index (κ2) is 18.4. The minimum Gasteiger partial charge on any atom is -0.348 e. The normalized spacial score (nSPS) is 16.8. The van der Waals surface area contributed by atoms with Gasteiger partial charge in [-0.1, -0.05) is 139 Å². The first-order valence-electron chi connectivity index (χ1n) is 17.1. The molecule has 0 amide bonds. The lowest BCUT2D eigenvalue weighted by molar-refractivity contribution is -0.207. The zero-order valence-corrected chi connectivity index (χ0v) is 26.8. The van der Waals surface area contributed by atoms with Crippen molar-refractivity contribution in [2.75, 3.05) is 13.2 Å². The molecule has 3 aromatic rings. The van der Waals surface area contributed by atoms with Crippen molar-refractivity contribution < 1.29 is 22.6 Å². The molecule has 0 radical (unpaired) electrons. The van der Waals surface area contributed by atoms with Crippen LogP contribution in [0.5, 0.6) is 0 Å². The Morgan fingerprint density at radius 1 is 0.591 bits per heavy atom. The predicted molar refractivity (Wildman–Crippen MR) is 175 cm³/mol. The molecule has 0 N–H and O–H groups in total. The van der Waals surface area contributed by atoms with Gasteiger partial charge >= 0.3 is 0 Å². The van der Waals surface area contributed by atoms with Crippen LogP contribution in [-0.2, 0) is 15.9 Å². The molecule has 1 heterocycles. The number of ether oxygens (including phenoxy) is 2. The third kappa shape index (κ3) is 9.94. The van der Waals surface area contributed by atoms with Gasteiger partial charge in [0.05, 0.1) is 13.2 Å². The fraction of sp³-hybridized carbons (Fsp3) is 0.538. The van der Waals surface area contributed by atoms with Crippen LogP contribution in [0.3, 0.4) is 0 Å². The van der Waals surface area contributed by atoms with E-state index in [1.807, 2.05) is 18.2 Å². The van der Waals surface area contributed by atoms with Crippen LogP contribution < -0.4 is 0 Å². The molecule has 1 aliphatic heterocycles. The molecule has 0 saturated carbocycles. The highest BCUT2D eigenvalue weighted by molar-refractivity contribution is 5.71. The van der Waals surface area contributed by atoms with Gasteiger partial charge in [0.25, 0.3) is 0 Å². The van der Waals surface area contributed by atoms with Gasteiger partial charge in [-0.2, -0.15) is 0 Å². The first-order valence-corrected chi connectivity index (χ1v) is 17.1. The smallest absolute Gasteiger partial charge is 0.186 e. The van der Waals surface area contributed by atoms with E-state index in [0.29, 0.717) is 47.8 Å². The highest BCUT2D eigenvalue weighted by Crippen LogP contribution is 2.33. The molecular formula is C39H51F3O2. The molecule has 0 spiro atoms. The Balaban J connectivity index is 1.29. The Morgan fingerprint density at radius 3 is 1.80 bits per heavy atom. The number of rotatable bonds is 18. The second-order valence-electron chi connectivity index (χ2n) is 12.5. The number of halogens is 3. The first-order chi connectivity index (χ1) is 21.5. The number of benzene rings is 3. The van der Waals surface area contributed by atoms with Crippen LogP contribution in [0.15, 0.2) is 54.6 Å². The van der Waals surface area contributed by atoms with Crippen molar-refractivity contribution in [1.29, 1.82) is 0 Å². The summed E-state index contributed by atoms with van der Waals surface area (Å²) in [5.41, 5.74) is 3.15. The van der Waals surface area contributed by atoms with Crippen LogP contribution in [0.4, 0.5) is 13.2 Å². The van der Waals surface area contributed by atoms with E-state index in [2.05, 4.69) is 13.8 Å². The zero-order chi connectivity index (χ0) is 31.1. The first kappa shape index (κ1) is 34.2. The third-order valence-electron chi connectivity index (χ3n) is 8.93. The summed E-state index contributed by atoms with van der Waals surface area (Å²) in [5, 5.41) is 0. The van der Waals surface area contributed by atoms with Gasteiger partial charge in [0.2, 0.25) is 0 Å². The summed E-state index contributed by atoms with van der Waals surface area (Å²) in [6, 6.07) is 15.6. The van der Waals surface area contributed by atoms with Crippen LogP contribution in [-0.4, -0.2) is 13.2 Å². The highest BCUT2D eigenvalue weighted by atomic mass is 19.2. The van der Waals surface area contributed by atoms with Gasteiger partial charge in [0.1, 0.15) is 5.82 Å². The molecule has 5 heteroatoms. The molecule has 0 atom stereocenters. The van der Waals surface area contributed by atoms with E-state index in [1.165, 1.54) is 70.3 Å². The van der Waals surface area contributed by atoms with Gasteiger partial charge < -0.3 is 9.47 Å². The zero-order valence-electron chi connectivity index (χ0n) is 26.8. The van der Waals surface area contributed by atoms with Crippen LogP contribution in [0.25, 0.3) is 22.3 Å². The average molecular weight is 609 g/mol. The lowest BCUT2D eigenvalue weighted by Crippen LogP contribution is -2.27. The van der Waals surface area contributed by atoms with Crippen LogP contribution in [0.1, 0.15) is 121 Å². The van der Waals surface area contributed by atoms with Gasteiger partial charge in [0.15, 0.2) is 17.9 Å². The molecule has 240 valence electrons. The average Bonchev–Trinajstić information content (AvgIpc) is 3.04.